The minimum Gasteiger partial charge on any atom is -0.347 e. The standard InChI is InChI=1S/C24H34N2O2/c1-2-8-26(17-18-6-4-3-5-7-18)23(28)16-25-22(27)15-24-12-19-9-20(13-24)11-21(10-19)14-24/h3-7,19-21H,2,8-17H2,1H3,(H,25,27). The fourth-order valence-corrected chi connectivity index (χ4v) is 6.56. The average Bonchev–Trinajstić information content (AvgIpc) is 2.65. The molecule has 0 aromatic heterocycles. The van der Waals surface area contributed by atoms with Gasteiger partial charge >= 0.3 is 0 Å². The molecule has 4 aliphatic carbocycles. The molecular formula is C24H34N2O2. The highest BCUT2D eigenvalue weighted by Crippen LogP contribution is 2.61. The summed E-state index contributed by atoms with van der Waals surface area (Å²) in [5.41, 5.74) is 1.36. The molecule has 0 saturated heterocycles. The van der Waals surface area contributed by atoms with Crippen molar-refractivity contribution in [2.24, 2.45) is 23.2 Å². The van der Waals surface area contributed by atoms with Gasteiger partial charge in [0.05, 0.1) is 6.54 Å². The first kappa shape index (κ1) is 19.5. The Bertz CT molecular complexity index is 665. The SMILES string of the molecule is CCCN(Cc1ccccc1)C(=O)CNC(=O)CC12CC3CC(CC(C3)C1)C2. The van der Waals surface area contributed by atoms with Crippen LogP contribution in [-0.2, 0) is 16.1 Å². The molecule has 152 valence electrons. The van der Waals surface area contributed by atoms with Gasteiger partial charge in [-0.15, -0.1) is 0 Å². The Kier molecular flexibility index (Phi) is 5.75. The molecule has 0 atom stereocenters. The van der Waals surface area contributed by atoms with Crippen LogP contribution in [0.25, 0.3) is 0 Å². The lowest BCUT2D eigenvalue weighted by Crippen LogP contribution is -2.48. The minimum atomic E-state index is 0.0181. The van der Waals surface area contributed by atoms with Crippen LogP contribution in [0, 0.1) is 23.2 Å². The number of carbonyl (C=O) groups excluding carboxylic acids is 2. The molecule has 0 spiro atoms. The van der Waals surface area contributed by atoms with Gasteiger partial charge in [0, 0.05) is 19.5 Å². The van der Waals surface area contributed by atoms with Gasteiger partial charge in [0.25, 0.3) is 0 Å². The minimum absolute atomic E-state index is 0.0181. The number of benzene rings is 1. The van der Waals surface area contributed by atoms with Crippen molar-refractivity contribution in [3.63, 3.8) is 0 Å². The maximum Gasteiger partial charge on any atom is 0.242 e. The second-order valence-electron chi connectivity index (χ2n) is 9.67. The fourth-order valence-electron chi connectivity index (χ4n) is 6.56. The molecule has 0 heterocycles. The third kappa shape index (κ3) is 4.42. The second kappa shape index (κ2) is 8.26. The van der Waals surface area contributed by atoms with E-state index >= 15 is 0 Å². The highest BCUT2D eigenvalue weighted by atomic mass is 16.2. The van der Waals surface area contributed by atoms with Crippen LogP contribution in [0.1, 0.15) is 63.9 Å². The van der Waals surface area contributed by atoms with Crippen LogP contribution in [0.5, 0.6) is 0 Å². The lowest BCUT2D eigenvalue weighted by molar-refractivity contribution is -0.136. The first-order valence-electron chi connectivity index (χ1n) is 11.1. The summed E-state index contributed by atoms with van der Waals surface area (Å²) in [5, 5.41) is 2.95. The molecule has 4 saturated carbocycles. The van der Waals surface area contributed by atoms with E-state index in [-0.39, 0.29) is 23.8 Å². The Balaban J connectivity index is 1.29. The van der Waals surface area contributed by atoms with E-state index in [1.165, 1.54) is 38.5 Å². The van der Waals surface area contributed by atoms with Crippen LogP contribution in [0.2, 0.25) is 0 Å². The third-order valence-corrected chi connectivity index (χ3v) is 7.20. The molecule has 0 radical (unpaired) electrons. The largest absolute Gasteiger partial charge is 0.347 e. The predicted octanol–water partition coefficient (Wildman–Crippen LogP) is 4.15. The fraction of sp³-hybridized carbons (Fsp3) is 0.667. The molecule has 4 aliphatic rings. The molecule has 0 unspecified atom stereocenters. The molecule has 4 heteroatoms. The van der Waals surface area contributed by atoms with Crippen LogP contribution >= 0.6 is 0 Å². The van der Waals surface area contributed by atoms with Gasteiger partial charge < -0.3 is 10.2 Å². The molecule has 1 aromatic carbocycles. The Morgan fingerprint density at radius 1 is 1.04 bits per heavy atom. The van der Waals surface area contributed by atoms with E-state index in [2.05, 4.69) is 12.2 Å². The summed E-state index contributed by atoms with van der Waals surface area (Å²) in [5.74, 6) is 2.65. The summed E-state index contributed by atoms with van der Waals surface area (Å²) in [6, 6.07) is 10.1. The number of carbonyl (C=O) groups is 2. The van der Waals surface area contributed by atoms with Gasteiger partial charge in [-0.25, -0.2) is 0 Å². The molecule has 4 fully saturated rings. The molecule has 28 heavy (non-hydrogen) atoms. The molecule has 0 aliphatic heterocycles. The van der Waals surface area contributed by atoms with Crippen molar-refractivity contribution < 1.29 is 9.59 Å². The van der Waals surface area contributed by atoms with E-state index in [0.717, 1.165) is 36.3 Å². The number of hydrogen-bond donors (Lipinski definition) is 1. The Morgan fingerprint density at radius 3 is 2.21 bits per heavy atom. The Labute approximate surface area is 169 Å². The lowest BCUT2D eigenvalue weighted by Gasteiger charge is -2.56. The molecule has 4 bridgehead atoms. The number of amides is 2. The first-order valence-corrected chi connectivity index (χ1v) is 11.1. The van der Waals surface area contributed by atoms with Gasteiger partial charge in [-0.2, -0.15) is 0 Å². The zero-order chi connectivity index (χ0) is 19.6. The van der Waals surface area contributed by atoms with Crippen LogP contribution in [0.15, 0.2) is 30.3 Å². The zero-order valence-corrected chi connectivity index (χ0v) is 17.2. The number of nitrogens with zero attached hydrogens (tertiary/aromatic N) is 1. The normalized spacial score (nSPS) is 30.2. The van der Waals surface area contributed by atoms with Gasteiger partial charge in [0.1, 0.15) is 0 Å². The monoisotopic (exact) mass is 382 g/mol. The lowest BCUT2D eigenvalue weighted by atomic mass is 9.49. The van der Waals surface area contributed by atoms with E-state index in [1.807, 2.05) is 35.2 Å². The molecular weight excluding hydrogens is 348 g/mol. The quantitative estimate of drug-likeness (QED) is 0.734. The highest BCUT2D eigenvalue weighted by molar-refractivity contribution is 5.85. The Hall–Kier alpha value is -1.84. The van der Waals surface area contributed by atoms with Crippen molar-refractivity contribution in [1.82, 2.24) is 10.2 Å². The Morgan fingerprint density at radius 2 is 1.64 bits per heavy atom. The van der Waals surface area contributed by atoms with Crippen molar-refractivity contribution in [3.05, 3.63) is 35.9 Å². The van der Waals surface area contributed by atoms with Crippen molar-refractivity contribution in [2.75, 3.05) is 13.1 Å². The average molecular weight is 383 g/mol. The first-order chi connectivity index (χ1) is 13.5. The van der Waals surface area contributed by atoms with Gasteiger partial charge in [-0.1, -0.05) is 37.3 Å². The molecule has 5 rings (SSSR count). The van der Waals surface area contributed by atoms with Crippen LogP contribution in [0.3, 0.4) is 0 Å². The van der Waals surface area contributed by atoms with Gasteiger partial charge in [0.2, 0.25) is 11.8 Å². The van der Waals surface area contributed by atoms with E-state index in [1.54, 1.807) is 0 Å². The molecule has 2 amide bonds. The second-order valence-corrected chi connectivity index (χ2v) is 9.67. The van der Waals surface area contributed by atoms with Gasteiger partial charge in [0.15, 0.2) is 0 Å². The maximum absolute atomic E-state index is 12.7. The van der Waals surface area contributed by atoms with Crippen molar-refractivity contribution in [1.29, 1.82) is 0 Å². The highest BCUT2D eigenvalue weighted by Gasteiger charge is 2.51. The summed E-state index contributed by atoms with van der Waals surface area (Å²) in [6.07, 6.45) is 9.42. The summed E-state index contributed by atoms with van der Waals surface area (Å²) in [4.78, 5) is 27.3. The van der Waals surface area contributed by atoms with Crippen molar-refractivity contribution in [2.45, 2.75) is 64.8 Å². The maximum atomic E-state index is 12.7. The van der Waals surface area contributed by atoms with Crippen LogP contribution < -0.4 is 5.32 Å². The summed E-state index contributed by atoms with van der Waals surface area (Å²) in [7, 11) is 0. The smallest absolute Gasteiger partial charge is 0.242 e. The summed E-state index contributed by atoms with van der Waals surface area (Å²) >= 11 is 0. The van der Waals surface area contributed by atoms with E-state index < -0.39 is 0 Å². The van der Waals surface area contributed by atoms with Gasteiger partial charge in [-0.05, 0) is 73.7 Å². The number of hydrogen-bond acceptors (Lipinski definition) is 2. The van der Waals surface area contributed by atoms with Gasteiger partial charge in [-0.3, -0.25) is 9.59 Å². The van der Waals surface area contributed by atoms with E-state index in [4.69, 9.17) is 0 Å². The molecule has 4 nitrogen and oxygen atoms in total. The number of rotatable bonds is 8. The van der Waals surface area contributed by atoms with Crippen LogP contribution in [-0.4, -0.2) is 29.8 Å². The van der Waals surface area contributed by atoms with E-state index in [0.29, 0.717) is 13.0 Å². The third-order valence-electron chi connectivity index (χ3n) is 7.20. The predicted molar refractivity (Wildman–Crippen MR) is 110 cm³/mol. The molecule has 1 aromatic rings. The van der Waals surface area contributed by atoms with Crippen LogP contribution in [0.4, 0.5) is 0 Å². The van der Waals surface area contributed by atoms with Crippen molar-refractivity contribution >= 4 is 11.8 Å². The van der Waals surface area contributed by atoms with Crippen molar-refractivity contribution in [3.8, 4) is 0 Å². The summed E-state index contributed by atoms with van der Waals surface area (Å²) in [6.45, 7) is 3.53. The summed E-state index contributed by atoms with van der Waals surface area (Å²) < 4.78 is 0. The van der Waals surface area contributed by atoms with E-state index in [9.17, 15) is 9.59 Å². The zero-order valence-electron chi connectivity index (χ0n) is 17.2. The topological polar surface area (TPSA) is 49.4 Å². The molecule has 1 N–H and O–H groups in total. The number of nitrogens with one attached hydrogen (secondary N) is 1.